The first-order valence-electron chi connectivity index (χ1n) is 8.09. The topological polar surface area (TPSA) is 26.3 Å². The van der Waals surface area contributed by atoms with E-state index in [9.17, 15) is 9.18 Å². The Bertz CT molecular complexity index is 290. The minimum atomic E-state index is -1.42. The zero-order valence-electron chi connectivity index (χ0n) is 13.5. The number of hydrogen-bond donors (Lipinski definition) is 0. The highest BCUT2D eigenvalue weighted by atomic mass is 19.1. The van der Waals surface area contributed by atoms with Crippen molar-refractivity contribution >= 4 is 5.97 Å². The molecular weight excluding hydrogens is 231 g/mol. The highest BCUT2D eigenvalue weighted by molar-refractivity contribution is 5.85. The van der Waals surface area contributed by atoms with Crippen molar-refractivity contribution in [2.75, 3.05) is 6.61 Å². The number of ether oxygens (including phenoxy) is 1. The van der Waals surface area contributed by atoms with Gasteiger partial charge in [-0.05, 0) is 6.42 Å². The lowest BCUT2D eigenvalue weighted by Gasteiger charge is -2.03. The Morgan fingerprint density at radius 2 is 1.56 bits per heavy atom. The van der Waals surface area contributed by atoms with Crippen molar-refractivity contribution in [1.29, 1.82) is 0 Å². The Kier molecular flexibility index (Phi) is 9.49. The van der Waals surface area contributed by atoms with Crippen LogP contribution < -0.4 is 0 Å². The van der Waals surface area contributed by atoms with Crippen molar-refractivity contribution in [2.24, 2.45) is 0 Å². The fraction of sp³-hybridized carbons (Fsp3) is 0.800. The predicted octanol–water partition coefficient (Wildman–Crippen LogP) is 4.93. The summed E-state index contributed by atoms with van der Waals surface area (Å²) >= 11 is 0. The van der Waals surface area contributed by atoms with Crippen LogP contribution >= 0.6 is 0 Å². The molecule has 0 saturated heterocycles. The summed E-state index contributed by atoms with van der Waals surface area (Å²) in [5.74, 6) is -2.61. The molecule has 0 radical (unpaired) electrons. The third kappa shape index (κ3) is 11.6. The molecule has 3 heteroatoms. The molecule has 0 aromatic rings. The molecule has 18 heavy (non-hydrogen) atoms. The molecule has 0 fully saturated rings. The Morgan fingerprint density at radius 1 is 1.06 bits per heavy atom. The van der Waals surface area contributed by atoms with E-state index in [1.807, 2.05) is 0 Å². The molecule has 0 saturated carbocycles. The Balaban J connectivity index is 3.29. The predicted molar refractivity (Wildman–Crippen MR) is 73.1 cm³/mol. The Hall–Kier alpha value is -0.860. The van der Waals surface area contributed by atoms with E-state index < -0.39 is 18.3 Å². The van der Waals surface area contributed by atoms with Gasteiger partial charge in [0.05, 0.1) is 9.35 Å². The second-order valence-corrected chi connectivity index (χ2v) is 4.63. The van der Waals surface area contributed by atoms with Gasteiger partial charge in [-0.1, -0.05) is 71.2 Å². The summed E-state index contributed by atoms with van der Waals surface area (Å²) in [6.07, 6.45) is 11.8. The second-order valence-electron chi connectivity index (χ2n) is 4.63. The van der Waals surface area contributed by atoms with Gasteiger partial charge in [-0.15, -0.1) is 0 Å². The summed E-state index contributed by atoms with van der Waals surface area (Å²) in [7, 11) is 0. The fourth-order valence-corrected chi connectivity index (χ4v) is 1.82. The number of hydrogen-bond acceptors (Lipinski definition) is 2. The van der Waals surface area contributed by atoms with E-state index in [1.54, 1.807) is 0 Å². The first-order valence-corrected chi connectivity index (χ1v) is 7.09. The van der Waals surface area contributed by atoms with Crippen LogP contribution in [0.4, 0.5) is 4.39 Å². The number of unbranched alkanes of at least 4 members (excludes halogenated alkanes) is 9. The van der Waals surface area contributed by atoms with Crippen LogP contribution in [0, 0.1) is 0 Å². The molecule has 0 aromatic heterocycles. The van der Waals surface area contributed by atoms with Crippen molar-refractivity contribution in [3.05, 3.63) is 12.4 Å². The smallest absolute Gasteiger partial charge is 0.366 e. The summed E-state index contributed by atoms with van der Waals surface area (Å²) < 4.78 is 30.7. The quantitative estimate of drug-likeness (QED) is 0.282. The van der Waals surface area contributed by atoms with Crippen molar-refractivity contribution < 1.29 is 16.7 Å². The Labute approximate surface area is 113 Å². The SMILES string of the molecule is [2H]C([2H])=C(F)C(=O)OCCCCCCCCCCCC. The molecule has 2 nitrogen and oxygen atoms in total. The maximum Gasteiger partial charge on any atom is 0.366 e. The molecule has 0 aliphatic carbocycles. The van der Waals surface area contributed by atoms with Crippen molar-refractivity contribution in [3.8, 4) is 0 Å². The lowest BCUT2D eigenvalue weighted by atomic mass is 10.1. The van der Waals surface area contributed by atoms with Gasteiger partial charge in [0, 0.05) is 0 Å². The number of esters is 1. The zero-order valence-corrected chi connectivity index (χ0v) is 11.5. The Morgan fingerprint density at radius 3 is 2.06 bits per heavy atom. The standard InChI is InChI=1S/C15H27FO2/c1-3-4-5-6-7-8-9-10-11-12-13-18-15(17)14(2)16/h2-13H2,1H3/i2D2. The molecule has 0 N–H and O–H groups in total. The maximum atomic E-state index is 12.8. The molecule has 0 unspecified atom stereocenters. The zero-order chi connectivity index (χ0) is 15.2. The number of rotatable bonds is 12. The molecule has 0 amide bonds. The van der Waals surface area contributed by atoms with Crippen molar-refractivity contribution in [3.63, 3.8) is 0 Å². The van der Waals surface area contributed by atoms with Crippen LogP contribution in [0.2, 0.25) is 0 Å². The first kappa shape index (κ1) is 13.6. The van der Waals surface area contributed by atoms with Crippen LogP contribution in [0.1, 0.15) is 73.9 Å². The third-order valence-electron chi connectivity index (χ3n) is 2.91. The number of halogens is 1. The van der Waals surface area contributed by atoms with Crippen molar-refractivity contribution in [2.45, 2.75) is 71.1 Å². The molecule has 0 spiro atoms. The fourth-order valence-electron chi connectivity index (χ4n) is 1.82. The summed E-state index contributed by atoms with van der Waals surface area (Å²) in [6, 6.07) is 0. The van der Waals surface area contributed by atoms with Gasteiger partial charge in [0.1, 0.15) is 0 Å². The highest BCUT2D eigenvalue weighted by Gasteiger charge is 2.05. The molecular formula is C15H27FO2. The first-order chi connectivity index (χ1) is 9.59. The van der Waals surface area contributed by atoms with E-state index in [4.69, 9.17) is 2.74 Å². The van der Waals surface area contributed by atoms with Gasteiger partial charge < -0.3 is 4.74 Å². The normalized spacial score (nSPS) is 11.7. The minimum absolute atomic E-state index is 0.163. The minimum Gasteiger partial charge on any atom is -0.460 e. The molecule has 0 rings (SSSR count). The van der Waals surface area contributed by atoms with Gasteiger partial charge in [0.2, 0.25) is 5.83 Å². The summed E-state index contributed by atoms with van der Waals surface area (Å²) in [6.45, 7) is 1.25. The molecule has 0 aliphatic heterocycles. The number of carbonyl (C=O) groups is 1. The van der Waals surface area contributed by atoms with Crippen LogP contribution in [0.15, 0.2) is 12.4 Å². The number of carbonyl (C=O) groups excluding carboxylic acids is 1. The molecule has 0 heterocycles. The van der Waals surface area contributed by atoms with Crippen LogP contribution in [0.5, 0.6) is 0 Å². The maximum absolute atomic E-state index is 12.8. The summed E-state index contributed by atoms with van der Waals surface area (Å²) in [4.78, 5) is 10.9. The van der Waals surface area contributed by atoms with E-state index in [0.717, 1.165) is 12.8 Å². The van der Waals surface area contributed by atoms with Gasteiger partial charge in [0.25, 0.3) is 0 Å². The van der Waals surface area contributed by atoms with Crippen LogP contribution in [0.3, 0.4) is 0 Å². The highest BCUT2D eigenvalue weighted by Crippen LogP contribution is 2.10. The monoisotopic (exact) mass is 260 g/mol. The van der Waals surface area contributed by atoms with E-state index in [-0.39, 0.29) is 6.61 Å². The molecule has 0 atom stereocenters. The van der Waals surface area contributed by atoms with Crippen LogP contribution in [0.25, 0.3) is 0 Å². The average molecular weight is 260 g/mol. The van der Waals surface area contributed by atoms with E-state index >= 15 is 0 Å². The molecule has 0 aliphatic rings. The van der Waals surface area contributed by atoms with Gasteiger partial charge >= 0.3 is 5.97 Å². The summed E-state index contributed by atoms with van der Waals surface area (Å²) in [5.41, 5.74) is 0. The molecule has 106 valence electrons. The van der Waals surface area contributed by atoms with E-state index in [2.05, 4.69) is 11.7 Å². The third-order valence-corrected chi connectivity index (χ3v) is 2.91. The van der Waals surface area contributed by atoms with Gasteiger partial charge in [0.15, 0.2) is 0 Å². The molecule has 0 bridgehead atoms. The van der Waals surface area contributed by atoms with Crippen LogP contribution in [-0.4, -0.2) is 12.6 Å². The second kappa shape index (κ2) is 12.6. The van der Waals surface area contributed by atoms with E-state index in [0.29, 0.717) is 6.42 Å². The summed E-state index contributed by atoms with van der Waals surface area (Å²) in [5, 5.41) is 0. The van der Waals surface area contributed by atoms with Crippen molar-refractivity contribution in [1.82, 2.24) is 0 Å². The van der Waals surface area contributed by atoms with Crippen LogP contribution in [-0.2, 0) is 9.53 Å². The lowest BCUT2D eigenvalue weighted by molar-refractivity contribution is -0.140. The van der Waals surface area contributed by atoms with Gasteiger partial charge in [-0.25, -0.2) is 4.79 Å². The van der Waals surface area contributed by atoms with Gasteiger partial charge in [-0.2, -0.15) is 4.39 Å². The van der Waals surface area contributed by atoms with E-state index in [1.165, 1.54) is 44.9 Å². The molecule has 0 aromatic carbocycles. The lowest BCUT2D eigenvalue weighted by Crippen LogP contribution is -2.05. The average Bonchev–Trinajstić information content (AvgIpc) is 2.43. The largest absolute Gasteiger partial charge is 0.460 e. The van der Waals surface area contributed by atoms with Gasteiger partial charge in [-0.3, -0.25) is 0 Å².